The maximum absolute atomic E-state index is 13.6. The van der Waals surface area contributed by atoms with E-state index in [2.05, 4.69) is 0 Å². The lowest BCUT2D eigenvalue weighted by Gasteiger charge is -2.18. The van der Waals surface area contributed by atoms with Crippen LogP contribution in [0, 0.1) is 0 Å². The molecule has 0 atom stereocenters. The van der Waals surface area contributed by atoms with Crippen molar-refractivity contribution in [1.82, 2.24) is 0 Å². The van der Waals surface area contributed by atoms with Crippen LogP contribution < -0.4 is 14.4 Å². The van der Waals surface area contributed by atoms with Gasteiger partial charge in [0.15, 0.2) is 5.84 Å². The number of carbonyl (C=O) groups is 1. The molecule has 7 heteroatoms. The molecule has 4 aromatic rings. The van der Waals surface area contributed by atoms with Crippen molar-refractivity contribution in [3.63, 3.8) is 0 Å². The summed E-state index contributed by atoms with van der Waals surface area (Å²) in [5.74, 6) is 1.62. The number of methoxy groups -OCH3 is 2. The van der Waals surface area contributed by atoms with Crippen molar-refractivity contribution in [2.75, 3.05) is 19.1 Å². The predicted molar refractivity (Wildman–Crippen MR) is 135 cm³/mol. The van der Waals surface area contributed by atoms with Crippen molar-refractivity contribution < 1.29 is 14.3 Å². The molecule has 33 heavy (non-hydrogen) atoms. The topological polar surface area (TPSA) is 51.1 Å². The van der Waals surface area contributed by atoms with E-state index in [4.69, 9.17) is 26.1 Å². The van der Waals surface area contributed by atoms with Gasteiger partial charge in [-0.1, -0.05) is 48.0 Å². The molecule has 0 aliphatic carbocycles. The lowest BCUT2D eigenvalue weighted by atomic mass is 10.1. The molecule has 0 radical (unpaired) electrons. The van der Waals surface area contributed by atoms with Crippen LogP contribution in [0.25, 0.3) is 16.2 Å². The quantitative estimate of drug-likeness (QED) is 0.314. The van der Waals surface area contributed by atoms with Crippen molar-refractivity contribution >= 4 is 56.5 Å². The van der Waals surface area contributed by atoms with E-state index in [1.807, 2.05) is 72.8 Å². The highest BCUT2D eigenvalue weighted by molar-refractivity contribution is 7.21. The van der Waals surface area contributed by atoms with Gasteiger partial charge in [0.25, 0.3) is 5.91 Å². The average molecular weight is 475 g/mol. The predicted octanol–water partition coefficient (Wildman–Crippen LogP) is 6.41. The van der Waals surface area contributed by atoms with E-state index in [1.54, 1.807) is 25.2 Å². The Kier molecular flexibility index (Phi) is 5.62. The van der Waals surface area contributed by atoms with Gasteiger partial charge < -0.3 is 9.47 Å². The summed E-state index contributed by atoms with van der Waals surface area (Å²) in [6.07, 6.45) is 1.74. The summed E-state index contributed by atoms with van der Waals surface area (Å²) in [7, 11) is 3.21. The molecule has 3 aromatic carbocycles. The SMILES string of the molecule is COc1ccc(N2C(=O)/C(=C\c3ccccc3OC)N=C2c2sc3ccccc3c2Cl)cc1. The van der Waals surface area contributed by atoms with Crippen LogP contribution in [0.15, 0.2) is 83.5 Å². The van der Waals surface area contributed by atoms with Gasteiger partial charge in [-0.15, -0.1) is 11.3 Å². The lowest BCUT2D eigenvalue weighted by Crippen LogP contribution is -2.32. The first kappa shape index (κ1) is 21.2. The molecular formula is C26H19ClN2O3S. The zero-order valence-corrected chi connectivity index (χ0v) is 19.5. The molecule has 0 bridgehead atoms. The molecule has 5 rings (SSSR count). The van der Waals surface area contributed by atoms with Crippen LogP contribution in [0.1, 0.15) is 10.4 Å². The fraction of sp³-hybridized carbons (Fsp3) is 0.0769. The molecule has 0 saturated carbocycles. The summed E-state index contributed by atoms with van der Waals surface area (Å²) >= 11 is 8.29. The molecule has 0 spiro atoms. The van der Waals surface area contributed by atoms with E-state index < -0.39 is 0 Å². The zero-order valence-electron chi connectivity index (χ0n) is 17.9. The Bertz CT molecular complexity index is 1420. The minimum absolute atomic E-state index is 0.241. The number of rotatable bonds is 5. The molecule has 1 aliphatic rings. The van der Waals surface area contributed by atoms with Crippen LogP contribution in [0.5, 0.6) is 11.5 Å². The Balaban J connectivity index is 1.68. The number of halogens is 1. The number of hydrogen-bond donors (Lipinski definition) is 0. The highest BCUT2D eigenvalue weighted by Crippen LogP contribution is 2.39. The van der Waals surface area contributed by atoms with Crippen molar-refractivity contribution in [3.05, 3.63) is 94.0 Å². The fourth-order valence-electron chi connectivity index (χ4n) is 3.73. The van der Waals surface area contributed by atoms with Crippen LogP contribution in [0.4, 0.5) is 5.69 Å². The number of carbonyl (C=O) groups excluding carboxylic acids is 1. The summed E-state index contributed by atoms with van der Waals surface area (Å²) in [4.78, 5) is 20.7. The number of ether oxygens (including phenoxy) is 2. The normalized spacial score (nSPS) is 14.8. The van der Waals surface area contributed by atoms with Gasteiger partial charge in [-0.25, -0.2) is 4.99 Å². The molecule has 0 unspecified atom stereocenters. The summed E-state index contributed by atoms with van der Waals surface area (Å²) in [5, 5.41) is 1.52. The largest absolute Gasteiger partial charge is 0.497 e. The smallest absolute Gasteiger partial charge is 0.282 e. The number of amides is 1. The molecule has 0 fully saturated rings. The number of para-hydroxylation sites is 1. The minimum atomic E-state index is -0.241. The van der Waals surface area contributed by atoms with E-state index in [0.29, 0.717) is 33.7 Å². The average Bonchev–Trinajstić information content (AvgIpc) is 3.36. The highest BCUT2D eigenvalue weighted by atomic mass is 35.5. The van der Waals surface area contributed by atoms with E-state index in [0.717, 1.165) is 20.5 Å². The van der Waals surface area contributed by atoms with Crippen molar-refractivity contribution in [3.8, 4) is 11.5 Å². The Morgan fingerprint density at radius 2 is 1.67 bits per heavy atom. The van der Waals surface area contributed by atoms with E-state index in [-0.39, 0.29) is 5.91 Å². The van der Waals surface area contributed by atoms with Crippen LogP contribution in [-0.4, -0.2) is 26.0 Å². The first-order valence-electron chi connectivity index (χ1n) is 10.2. The number of nitrogens with zero attached hydrogens (tertiary/aromatic N) is 2. The number of anilines is 1. The van der Waals surface area contributed by atoms with E-state index >= 15 is 0 Å². The first-order chi connectivity index (χ1) is 16.1. The third kappa shape index (κ3) is 3.77. The van der Waals surface area contributed by atoms with Gasteiger partial charge in [-0.2, -0.15) is 0 Å². The second-order valence-electron chi connectivity index (χ2n) is 7.29. The number of fused-ring (bicyclic) bond motifs is 1. The number of aliphatic imine (C=N–C) groups is 1. The summed E-state index contributed by atoms with van der Waals surface area (Å²) in [6, 6.07) is 22.7. The van der Waals surface area contributed by atoms with Gasteiger partial charge in [0.05, 0.1) is 29.8 Å². The molecule has 2 heterocycles. The van der Waals surface area contributed by atoms with E-state index in [1.165, 1.54) is 11.3 Å². The van der Waals surface area contributed by atoms with Gasteiger partial charge >= 0.3 is 0 Å². The summed E-state index contributed by atoms with van der Waals surface area (Å²) < 4.78 is 11.8. The third-order valence-electron chi connectivity index (χ3n) is 5.36. The summed E-state index contributed by atoms with van der Waals surface area (Å²) in [6.45, 7) is 0. The van der Waals surface area contributed by atoms with Gasteiger partial charge in [-0.3, -0.25) is 9.69 Å². The van der Waals surface area contributed by atoms with Gasteiger partial charge in [0.1, 0.15) is 17.2 Å². The molecule has 1 amide bonds. The summed E-state index contributed by atoms with van der Waals surface area (Å²) in [5.41, 5.74) is 1.75. The number of amidine groups is 1. The van der Waals surface area contributed by atoms with Crippen LogP contribution >= 0.6 is 22.9 Å². The molecular weight excluding hydrogens is 456 g/mol. The molecule has 1 aromatic heterocycles. The Labute approximate surface area is 200 Å². The molecule has 164 valence electrons. The second kappa shape index (κ2) is 8.73. The molecule has 0 saturated heterocycles. The number of thiophene rings is 1. The van der Waals surface area contributed by atoms with Crippen molar-refractivity contribution in [2.24, 2.45) is 4.99 Å². The van der Waals surface area contributed by atoms with Gasteiger partial charge in [0, 0.05) is 15.6 Å². The van der Waals surface area contributed by atoms with Crippen molar-refractivity contribution in [2.45, 2.75) is 0 Å². The van der Waals surface area contributed by atoms with Crippen molar-refractivity contribution in [1.29, 1.82) is 0 Å². The first-order valence-corrected chi connectivity index (χ1v) is 11.4. The monoisotopic (exact) mass is 474 g/mol. The second-order valence-corrected chi connectivity index (χ2v) is 8.72. The van der Waals surface area contributed by atoms with Crippen LogP contribution in [-0.2, 0) is 4.79 Å². The Morgan fingerprint density at radius 3 is 2.39 bits per heavy atom. The standard InChI is InChI=1S/C26H19ClN2O3S/c1-31-18-13-11-17(12-14-18)29-25(24-23(27)19-8-4-6-10-22(19)33-24)28-20(26(29)30)15-16-7-3-5-9-21(16)32-2/h3-15H,1-2H3/b20-15+. The third-order valence-corrected chi connectivity index (χ3v) is 7.03. The molecule has 5 nitrogen and oxygen atoms in total. The van der Waals surface area contributed by atoms with Crippen LogP contribution in [0.2, 0.25) is 5.02 Å². The van der Waals surface area contributed by atoms with Gasteiger partial charge in [0.2, 0.25) is 0 Å². The number of hydrogen-bond acceptors (Lipinski definition) is 5. The van der Waals surface area contributed by atoms with E-state index in [9.17, 15) is 4.79 Å². The van der Waals surface area contributed by atoms with Gasteiger partial charge in [-0.05, 0) is 42.5 Å². The fourth-order valence-corrected chi connectivity index (χ4v) is 5.23. The zero-order chi connectivity index (χ0) is 22.9. The Hall–Kier alpha value is -3.61. The number of benzene rings is 3. The van der Waals surface area contributed by atoms with Crippen LogP contribution in [0.3, 0.4) is 0 Å². The molecule has 1 aliphatic heterocycles. The maximum atomic E-state index is 13.6. The maximum Gasteiger partial charge on any atom is 0.282 e. The highest BCUT2D eigenvalue weighted by Gasteiger charge is 2.35. The lowest BCUT2D eigenvalue weighted by molar-refractivity contribution is -0.113. The Morgan fingerprint density at radius 1 is 0.939 bits per heavy atom. The minimum Gasteiger partial charge on any atom is -0.497 e. The molecule has 0 N–H and O–H groups in total.